The van der Waals surface area contributed by atoms with Gasteiger partial charge in [0.25, 0.3) is 5.91 Å². The van der Waals surface area contributed by atoms with Gasteiger partial charge < -0.3 is 28.2 Å². The lowest BCUT2D eigenvalue weighted by atomic mass is 10.0. The normalized spacial score (nSPS) is 15.5. The van der Waals surface area contributed by atoms with E-state index >= 15 is 0 Å². The zero-order valence-electron chi connectivity index (χ0n) is 31.1. The number of aromatic nitrogens is 3. The molecule has 0 aliphatic carbocycles. The van der Waals surface area contributed by atoms with Crippen LogP contribution in [0.1, 0.15) is 49.5 Å². The Hall–Kier alpha value is -6.28. The Morgan fingerprint density at radius 3 is 2.45 bits per heavy atom. The summed E-state index contributed by atoms with van der Waals surface area (Å²) in [5.74, 6) is 0.707. The van der Waals surface area contributed by atoms with Crippen molar-refractivity contribution in [2.45, 2.75) is 51.8 Å². The van der Waals surface area contributed by atoms with Crippen molar-refractivity contribution in [3.8, 4) is 33.9 Å². The van der Waals surface area contributed by atoms with Crippen LogP contribution < -0.4 is 19.7 Å². The number of benzene rings is 2. The van der Waals surface area contributed by atoms with E-state index < -0.39 is 23.6 Å². The molecule has 3 aromatic heterocycles. The third kappa shape index (κ3) is 8.44. The number of ether oxygens (including phenoxy) is 4. The average molecular weight is 747 g/mol. The summed E-state index contributed by atoms with van der Waals surface area (Å²) >= 11 is 0. The summed E-state index contributed by atoms with van der Waals surface area (Å²) in [4.78, 5) is 62.5. The SMILES string of the molecule is COc1ccc2nc(-c3ccc(-c4ccnc(N(CCOCCOc5ccc6c(c5)CN(C5CCC(=O)NC5=O)C6=O)C(=O)OC(C)(C)C)c4)cc3)cn2c1. The van der Waals surface area contributed by atoms with Gasteiger partial charge in [0, 0.05) is 36.5 Å². The Bertz CT molecular complexity index is 2250. The molecule has 14 nitrogen and oxygen atoms in total. The number of carbonyl (C=O) groups is 4. The average Bonchev–Trinajstić information content (AvgIpc) is 3.74. The smallest absolute Gasteiger partial charge is 0.416 e. The van der Waals surface area contributed by atoms with Gasteiger partial charge in [-0.25, -0.2) is 14.8 Å². The van der Waals surface area contributed by atoms with Gasteiger partial charge in [0.2, 0.25) is 11.8 Å². The first kappa shape index (κ1) is 37.1. The molecule has 0 bridgehead atoms. The number of hydrogen-bond acceptors (Lipinski definition) is 10. The van der Waals surface area contributed by atoms with E-state index in [1.165, 1.54) is 9.80 Å². The minimum atomic E-state index is -0.722. The van der Waals surface area contributed by atoms with E-state index in [1.807, 2.05) is 86.1 Å². The van der Waals surface area contributed by atoms with Gasteiger partial charge in [-0.3, -0.25) is 24.6 Å². The highest BCUT2D eigenvalue weighted by atomic mass is 16.6. The molecule has 2 aliphatic heterocycles. The number of rotatable bonds is 12. The predicted octanol–water partition coefficient (Wildman–Crippen LogP) is 5.67. The summed E-state index contributed by atoms with van der Waals surface area (Å²) in [5, 5.41) is 2.32. The van der Waals surface area contributed by atoms with Crippen LogP contribution in [0.5, 0.6) is 11.5 Å². The molecule has 4 amide bonds. The van der Waals surface area contributed by atoms with E-state index in [4.69, 9.17) is 23.9 Å². The van der Waals surface area contributed by atoms with Crippen molar-refractivity contribution in [1.82, 2.24) is 24.6 Å². The summed E-state index contributed by atoms with van der Waals surface area (Å²) in [6, 6.07) is 20.0. The molecule has 55 heavy (non-hydrogen) atoms. The van der Waals surface area contributed by atoms with Crippen molar-refractivity contribution in [3.05, 3.63) is 96.4 Å². The molecule has 1 atom stereocenters. The lowest BCUT2D eigenvalue weighted by Gasteiger charge is -2.29. The number of imide groups is 1. The fourth-order valence-electron chi connectivity index (χ4n) is 6.54. The largest absolute Gasteiger partial charge is 0.495 e. The molecule has 284 valence electrons. The Labute approximate surface area is 318 Å². The molecule has 1 fully saturated rings. The topological polar surface area (TPSA) is 154 Å². The summed E-state index contributed by atoms with van der Waals surface area (Å²) in [5.41, 5.74) is 4.95. The quantitative estimate of drug-likeness (QED) is 0.125. The maximum atomic E-state index is 13.4. The molecule has 0 spiro atoms. The molecule has 5 heterocycles. The van der Waals surface area contributed by atoms with Crippen LogP contribution in [0.3, 0.4) is 0 Å². The first-order valence-corrected chi connectivity index (χ1v) is 18.0. The van der Waals surface area contributed by atoms with Crippen LogP contribution in [0.25, 0.3) is 28.0 Å². The summed E-state index contributed by atoms with van der Waals surface area (Å²) in [7, 11) is 1.63. The van der Waals surface area contributed by atoms with Crippen LogP contribution in [-0.2, 0) is 25.6 Å². The highest BCUT2D eigenvalue weighted by molar-refractivity contribution is 6.05. The van der Waals surface area contributed by atoms with Gasteiger partial charge in [-0.05, 0) is 86.3 Å². The first-order chi connectivity index (χ1) is 26.5. The Balaban J connectivity index is 0.956. The number of amides is 4. The minimum Gasteiger partial charge on any atom is -0.495 e. The highest BCUT2D eigenvalue weighted by Gasteiger charge is 2.39. The molecule has 1 saturated heterocycles. The van der Waals surface area contributed by atoms with E-state index in [-0.39, 0.29) is 51.1 Å². The van der Waals surface area contributed by atoms with Gasteiger partial charge in [0.1, 0.15) is 41.2 Å². The molecular formula is C41H42N6O8. The molecule has 2 aromatic carbocycles. The van der Waals surface area contributed by atoms with Crippen molar-refractivity contribution >= 4 is 35.3 Å². The number of pyridine rings is 2. The predicted molar refractivity (Wildman–Crippen MR) is 203 cm³/mol. The van der Waals surface area contributed by atoms with E-state index in [9.17, 15) is 19.2 Å². The molecule has 1 unspecified atom stereocenters. The van der Waals surface area contributed by atoms with Crippen molar-refractivity contribution in [2.24, 2.45) is 0 Å². The number of carbonyl (C=O) groups excluding carboxylic acids is 4. The number of imidazole rings is 1. The van der Waals surface area contributed by atoms with Crippen LogP contribution in [-0.4, -0.2) is 88.2 Å². The second-order valence-electron chi connectivity index (χ2n) is 14.3. The van der Waals surface area contributed by atoms with Gasteiger partial charge in [-0.2, -0.15) is 0 Å². The lowest BCUT2D eigenvalue weighted by molar-refractivity contribution is -0.136. The van der Waals surface area contributed by atoms with Crippen LogP contribution in [0.15, 0.2) is 85.3 Å². The zero-order valence-corrected chi connectivity index (χ0v) is 31.1. The first-order valence-electron chi connectivity index (χ1n) is 18.0. The van der Waals surface area contributed by atoms with E-state index in [1.54, 1.807) is 31.5 Å². The Kier molecular flexibility index (Phi) is 10.5. The molecular weight excluding hydrogens is 704 g/mol. The summed E-state index contributed by atoms with van der Waals surface area (Å²) < 4.78 is 24.8. The molecule has 0 saturated carbocycles. The second-order valence-corrected chi connectivity index (χ2v) is 14.3. The third-order valence-corrected chi connectivity index (χ3v) is 9.26. The maximum Gasteiger partial charge on any atom is 0.416 e. The summed E-state index contributed by atoms with van der Waals surface area (Å²) in [6.45, 7) is 6.51. The standard InChI is InChI=1S/C41H42N6O8/c1-41(2,3)55-40(51)46(17-18-53-19-20-54-30-9-11-32-29(21-30)23-47(39(32)50)34-12-14-37(48)44-38(34)49)36-22-28(15-16-42-36)26-5-7-27(8-6-26)33-25-45-24-31(52-4)10-13-35(45)43-33/h5-11,13,15-16,21-22,24-25,34H,12,14,17-20,23H2,1-4H3,(H,44,48,49). The second kappa shape index (κ2) is 15.6. The number of anilines is 1. The summed E-state index contributed by atoms with van der Waals surface area (Å²) in [6.07, 6.45) is 5.45. The Morgan fingerprint density at radius 2 is 1.69 bits per heavy atom. The minimum absolute atomic E-state index is 0.181. The number of nitrogens with one attached hydrogen (secondary N) is 1. The van der Waals surface area contributed by atoms with Crippen molar-refractivity contribution < 1.29 is 38.1 Å². The van der Waals surface area contributed by atoms with Gasteiger partial charge in [0.15, 0.2) is 0 Å². The molecule has 0 radical (unpaired) electrons. The van der Waals surface area contributed by atoms with Gasteiger partial charge >= 0.3 is 6.09 Å². The monoisotopic (exact) mass is 746 g/mol. The van der Waals surface area contributed by atoms with Gasteiger partial charge in [-0.15, -0.1) is 0 Å². The molecule has 5 aromatic rings. The fraction of sp³-hybridized carbons (Fsp3) is 0.317. The molecule has 1 N–H and O–H groups in total. The van der Waals surface area contributed by atoms with Crippen LogP contribution in [0.2, 0.25) is 0 Å². The third-order valence-electron chi connectivity index (χ3n) is 9.26. The molecule has 7 rings (SSSR count). The Morgan fingerprint density at radius 1 is 0.909 bits per heavy atom. The fourth-order valence-corrected chi connectivity index (χ4v) is 6.54. The van der Waals surface area contributed by atoms with Crippen LogP contribution in [0.4, 0.5) is 10.6 Å². The van der Waals surface area contributed by atoms with Crippen LogP contribution >= 0.6 is 0 Å². The van der Waals surface area contributed by atoms with Crippen molar-refractivity contribution in [2.75, 3.05) is 38.4 Å². The van der Waals surface area contributed by atoms with E-state index in [0.717, 1.165) is 39.3 Å². The van der Waals surface area contributed by atoms with E-state index in [0.29, 0.717) is 23.6 Å². The number of piperidine rings is 1. The maximum absolute atomic E-state index is 13.4. The number of methoxy groups -OCH3 is 1. The number of nitrogens with zero attached hydrogens (tertiary/aromatic N) is 5. The van der Waals surface area contributed by atoms with Crippen molar-refractivity contribution in [1.29, 1.82) is 0 Å². The lowest BCUT2D eigenvalue weighted by Crippen LogP contribution is -2.52. The molecule has 2 aliphatic rings. The van der Waals surface area contributed by atoms with Crippen LogP contribution in [0, 0.1) is 0 Å². The van der Waals surface area contributed by atoms with Gasteiger partial charge in [0.05, 0.1) is 38.8 Å². The van der Waals surface area contributed by atoms with Crippen molar-refractivity contribution in [3.63, 3.8) is 0 Å². The zero-order chi connectivity index (χ0) is 38.7. The molecule has 14 heteroatoms. The van der Waals surface area contributed by atoms with Gasteiger partial charge in [-0.1, -0.05) is 24.3 Å². The highest BCUT2D eigenvalue weighted by Crippen LogP contribution is 2.31. The van der Waals surface area contributed by atoms with E-state index in [2.05, 4.69) is 10.3 Å². The number of fused-ring (bicyclic) bond motifs is 2. The number of hydrogen-bond donors (Lipinski definition) is 1.